The van der Waals surface area contributed by atoms with Crippen molar-refractivity contribution in [3.05, 3.63) is 72.3 Å². The predicted molar refractivity (Wildman–Crippen MR) is 126 cm³/mol. The molecule has 0 aliphatic carbocycles. The first kappa shape index (κ1) is 19.4. The fraction of sp³-hybridized carbons (Fsp3) is 0.0455. The van der Waals surface area contributed by atoms with Crippen LogP contribution in [0.25, 0.3) is 21.8 Å². The molecule has 8 heteroatoms. The number of pyridine rings is 1. The summed E-state index contributed by atoms with van der Waals surface area (Å²) in [5, 5.41) is 9.52. The second-order valence-electron chi connectivity index (χ2n) is 6.56. The zero-order valence-corrected chi connectivity index (χ0v) is 17.0. The van der Waals surface area contributed by atoms with E-state index in [0.29, 0.717) is 5.84 Å². The number of aromatic nitrogens is 1. The molecule has 0 unspecified atom stereocenters. The second kappa shape index (κ2) is 8.22. The number of fused-ring (bicyclic) bond motifs is 2. The third kappa shape index (κ3) is 3.94. The summed E-state index contributed by atoms with van der Waals surface area (Å²) >= 11 is 4.73. The first-order chi connectivity index (χ1) is 14.5. The van der Waals surface area contributed by atoms with E-state index in [1.54, 1.807) is 7.11 Å². The van der Waals surface area contributed by atoms with Crippen molar-refractivity contribution < 1.29 is 4.74 Å². The quantitative estimate of drug-likeness (QED) is 0.129. The number of benzene rings is 3. The van der Waals surface area contributed by atoms with Crippen LogP contribution < -0.4 is 26.9 Å². The third-order valence-corrected chi connectivity index (χ3v) is 4.72. The lowest BCUT2D eigenvalue weighted by Crippen LogP contribution is -2.28. The highest BCUT2D eigenvalue weighted by Gasteiger charge is 2.11. The molecule has 0 saturated carbocycles. The van der Waals surface area contributed by atoms with Gasteiger partial charge in [0.25, 0.3) is 0 Å². The van der Waals surface area contributed by atoms with Crippen molar-refractivity contribution >= 4 is 56.3 Å². The van der Waals surface area contributed by atoms with Gasteiger partial charge in [0, 0.05) is 22.0 Å². The normalized spacial score (nSPS) is 11.4. The predicted octanol–water partition coefficient (Wildman–Crippen LogP) is 3.59. The van der Waals surface area contributed by atoms with E-state index in [-0.39, 0.29) is 5.11 Å². The van der Waals surface area contributed by atoms with Crippen LogP contribution in [0.2, 0.25) is 0 Å². The molecule has 0 spiro atoms. The van der Waals surface area contributed by atoms with E-state index in [9.17, 15) is 0 Å². The van der Waals surface area contributed by atoms with Crippen LogP contribution in [0.15, 0.2) is 71.8 Å². The van der Waals surface area contributed by atoms with Gasteiger partial charge in [0.05, 0.1) is 23.8 Å². The Bertz CT molecular complexity index is 1270. The summed E-state index contributed by atoms with van der Waals surface area (Å²) in [6.07, 6.45) is 0. The fourth-order valence-electron chi connectivity index (χ4n) is 3.18. The van der Waals surface area contributed by atoms with Crippen molar-refractivity contribution in [1.29, 1.82) is 0 Å². The second-order valence-corrected chi connectivity index (χ2v) is 7.00. The van der Waals surface area contributed by atoms with Crippen molar-refractivity contribution in [3.8, 4) is 5.75 Å². The maximum absolute atomic E-state index is 5.96. The van der Waals surface area contributed by atoms with Gasteiger partial charge < -0.3 is 21.5 Å². The van der Waals surface area contributed by atoms with Gasteiger partial charge in [-0.05, 0) is 60.7 Å². The summed E-state index contributed by atoms with van der Waals surface area (Å²) in [5.74, 6) is 1.06. The van der Waals surface area contributed by atoms with E-state index < -0.39 is 0 Å². The van der Waals surface area contributed by atoms with Gasteiger partial charge in [0.15, 0.2) is 10.9 Å². The number of hydrogen-bond donors (Lipinski definition) is 4. The number of rotatable bonds is 5. The Morgan fingerprint density at radius 1 is 0.967 bits per heavy atom. The molecule has 3 aromatic carbocycles. The molecule has 1 heterocycles. The number of methoxy groups -OCH3 is 1. The molecular weight excluding hydrogens is 396 g/mol. The summed E-state index contributed by atoms with van der Waals surface area (Å²) in [4.78, 5) is 4.77. The molecule has 0 bridgehead atoms. The molecule has 0 fully saturated rings. The standard InChI is InChI=1S/C22H20N6OS/c1-29-15-10-11-19-17(12-15)20(16-4-2-3-5-18(16)26-19)25-14-8-6-13(7-9-14)21(23)27-28-22(24)30/h2-12H,1H3,(H2,23,27)(H,25,26)(H3,24,28,30). The van der Waals surface area contributed by atoms with Gasteiger partial charge in [-0.25, -0.2) is 4.98 Å². The Morgan fingerprint density at radius 2 is 1.70 bits per heavy atom. The number of hydrazone groups is 1. The summed E-state index contributed by atoms with van der Waals surface area (Å²) in [6.45, 7) is 0. The first-order valence-corrected chi connectivity index (χ1v) is 9.58. The van der Waals surface area contributed by atoms with Crippen molar-refractivity contribution in [3.63, 3.8) is 0 Å². The molecule has 1 aromatic heterocycles. The van der Waals surface area contributed by atoms with Gasteiger partial charge in [0.2, 0.25) is 0 Å². The molecule has 6 N–H and O–H groups in total. The Kier molecular flexibility index (Phi) is 5.32. The molecule has 0 radical (unpaired) electrons. The lowest BCUT2D eigenvalue weighted by Gasteiger charge is -2.14. The molecule has 0 aliphatic rings. The van der Waals surface area contributed by atoms with E-state index in [2.05, 4.69) is 15.8 Å². The van der Waals surface area contributed by atoms with Gasteiger partial charge in [-0.3, -0.25) is 5.43 Å². The van der Waals surface area contributed by atoms with E-state index in [4.69, 9.17) is 33.4 Å². The van der Waals surface area contributed by atoms with Gasteiger partial charge in [-0.1, -0.05) is 18.2 Å². The molecule has 7 nitrogen and oxygen atoms in total. The highest BCUT2D eigenvalue weighted by atomic mass is 32.1. The summed E-state index contributed by atoms with van der Waals surface area (Å²) in [7, 11) is 1.65. The smallest absolute Gasteiger partial charge is 0.184 e. The van der Waals surface area contributed by atoms with E-state index in [1.165, 1.54) is 0 Å². The minimum Gasteiger partial charge on any atom is -0.497 e. The van der Waals surface area contributed by atoms with Gasteiger partial charge in [-0.15, -0.1) is 0 Å². The molecule has 30 heavy (non-hydrogen) atoms. The van der Waals surface area contributed by atoms with Crippen molar-refractivity contribution in [2.24, 2.45) is 16.6 Å². The average molecular weight is 417 g/mol. The summed E-state index contributed by atoms with van der Waals surface area (Å²) < 4.78 is 5.41. The highest BCUT2D eigenvalue weighted by molar-refractivity contribution is 7.80. The molecule has 0 saturated heterocycles. The topological polar surface area (TPSA) is 111 Å². The number of nitrogens with two attached hydrogens (primary N) is 2. The van der Waals surface area contributed by atoms with Crippen LogP contribution in [0.4, 0.5) is 11.4 Å². The van der Waals surface area contributed by atoms with Crippen LogP contribution in [0.3, 0.4) is 0 Å². The number of thiocarbonyl (C=S) groups is 1. The number of amidine groups is 1. The van der Waals surface area contributed by atoms with Crippen LogP contribution in [0.5, 0.6) is 5.75 Å². The maximum Gasteiger partial charge on any atom is 0.184 e. The number of anilines is 2. The van der Waals surface area contributed by atoms with Gasteiger partial charge in [-0.2, -0.15) is 5.10 Å². The van der Waals surface area contributed by atoms with Crippen molar-refractivity contribution in [2.45, 2.75) is 0 Å². The van der Waals surface area contributed by atoms with Crippen molar-refractivity contribution in [2.75, 3.05) is 12.4 Å². The molecule has 0 amide bonds. The van der Waals surface area contributed by atoms with E-state index in [1.807, 2.05) is 66.7 Å². The largest absolute Gasteiger partial charge is 0.497 e. The Balaban J connectivity index is 1.75. The minimum atomic E-state index is 0.0584. The lowest BCUT2D eigenvalue weighted by molar-refractivity contribution is 0.415. The molecule has 4 aromatic rings. The average Bonchev–Trinajstić information content (AvgIpc) is 2.77. The molecule has 0 atom stereocenters. The number of hydrogen-bond acceptors (Lipinski definition) is 5. The maximum atomic E-state index is 5.96. The first-order valence-electron chi connectivity index (χ1n) is 9.18. The Hall–Kier alpha value is -3.91. The number of para-hydroxylation sites is 1. The fourth-order valence-corrected chi connectivity index (χ4v) is 3.23. The zero-order chi connectivity index (χ0) is 21.1. The molecule has 0 aliphatic heterocycles. The van der Waals surface area contributed by atoms with Crippen LogP contribution in [0.1, 0.15) is 5.56 Å². The van der Waals surface area contributed by atoms with Gasteiger partial charge in [0.1, 0.15) is 5.75 Å². The van der Waals surface area contributed by atoms with E-state index in [0.717, 1.165) is 44.5 Å². The van der Waals surface area contributed by atoms with Crippen LogP contribution in [-0.4, -0.2) is 23.0 Å². The Morgan fingerprint density at radius 3 is 2.43 bits per heavy atom. The van der Waals surface area contributed by atoms with Crippen LogP contribution >= 0.6 is 12.2 Å². The number of nitrogens with one attached hydrogen (secondary N) is 2. The number of ether oxygens (including phenoxy) is 1. The van der Waals surface area contributed by atoms with E-state index >= 15 is 0 Å². The highest BCUT2D eigenvalue weighted by Crippen LogP contribution is 2.34. The Labute approximate surface area is 178 Å². The van der Waals surface area contributed by atoms with Gasteiger partial charge >= 0.3 is 0 Å². The summed E-state index contributed by atoms with van der Waals surface area (Å²) in [5.41, 5.74) is 18.2. The molecular formula is C22H20N6OS. The van der Waals surface area contributed by atoms with Crippen molar-refractivity contribution in [1.82, 2.24) is 10.4 Å². The molecule has 4 rings (SSSR count). The lowest BCUT2D eigenvalue weighted by atomic mass is 10.1. The summed E-state index contributed by atoms with van der Waals surface area (Å²) in [6, 6.07) is 21.5. The number of nitrogens with zero attached hydrogens (tertiary/aromatic N) is 2. The SMILES string of the molecule is COc1ccc2nc3ccccc3c(Nc3ccc(/C(N)=N/NC(N)=S)cc3)c2c1. The third-order valence-electron chi connectivity index (χ3n) is 4.62. The van der Waals surface area contributed by atoms with Crippen LogP contribution in [0, 0.1) is 0 Å². The monoisotopic (exact) mass is 416 g/mol. The van der Waals surface area contributed by atoms with Crippen LogP contribution in [-0.2, 0) is 0 Å². The molecule has 150 valence electrons. The zero-order valence-electron chi connectivity index (χ0n) is 16.2. The minimum absolute atomic E-state index is 0.0584.